The summed E-state index contributed by atoms with van der Waals surface area (Å²) in [6.07, 6.45) is 5.53. The molecule has 2 N–H and O–H groups in total. The molecule has 1 aliphatic rings. The Morgan fingerprint density at radius 2 is 2.08 bits per heavy atom. The lowest BCUT2D eigenvalue weighted by molar-refractivity contribution is 0.345. The Morgan fingerprint density at radius 1 is 1.29 bits per heavy atom. The van der Waals surface area contributed by atoms with E-state index in [1.807, 2.05) is 38.4 Å². The molecule has 1 aromatic heterocycles. The summed E-state index contributed by atoms with van der Waals surface area (Å²) >= 11 is -1.53. The molecule has 8 nitrogen and oxygen atoms in total. The highest BCUT2D eigenvalue weighted by Crippen LogP contribution is 2.10. The van der Waals surface area contributed by atoms with E-state index in [2.05, 4.69) is 29.3 Å². The van der Waals surface area contributed by atoms with Crippen molar-refractivity contribution >= 4 is 22.8 Å². The molecule has 0 fully saturated rings. The second-order valence-corrected chi connectivity index (χ2v) is 6.09. The Labute approximate surface area is 144 Å². The average molecular weight is 350 g/mol. The zero-order valence-electron chi connectivity index (χ0n) is 14.0. The minimum atomic E-state index is -1.53. The first-order valence-electron chi connectivity index (χ1n) is 7.47. The van der Waals surface area contributed by atoms with E-state index >= 15 is 0 Å². The molecule has 0 aliphatic carbocycles. The maximum atomic E-state index is 11.2. The number of likely N-dealkylation sites (N-methyl/N-ethyl adjacent to an activating group) is 1. The fraction of sp³-hybridized carbons (Fsp3) is 0.400. The highest BCUT2D eigenvalue weighted by molar-refractivity contribution is 7.83. The number of rotatable bonds is 7. The summed E-state index contributed by atoms with van der Waals surface area (Å²) in [5, 5.41) is 5.88. The monoisotopic (exact) mass is 350 g/mol. The van der Waals surface area contributed by atoms with Crippen molar-refractivity contribution in [3.8, 4) is 5.88 Å². The molecule has 0 spiro atoms. The Morgan fingerprint density at radius 3 is 2.83 bits per heavy atom. The predicted molar refractivity (Wildman–Crippen MR) is 96.3 cm³/mol. The Hall–Kier alpha value is -2.26. The number of hydrogen-bond acceptors (Lipinski definition) is 6. The predicted octanol–water partition coefficient (Wildman–Crippen LogP) is 0.277. The summed E-state index contributed by atoms with van der Waals surface area (Å²) < 4.78 is 24.5. The fourth-order valence-corrected chi connectivity index (χ4v) is 2.66. The summed E-state index contributed by atoms with van der Waals surface area (Å²) in [6.45, 7) is 1.80. The van der Waals surface area contributed by atoms with Crippen molar-refractivity contribution in [3.63, 3.8) is 0 Å². The number of amidine groups is 2. The van der Waals surface area contributed by atoms with Crippen LogP contribution >= 0.6 is 0 Å². The van der Waals surface area contributed by atoms with E-state index in [-0.39, 0.29) is 0 Å². The van der Waals surface area contributed by atoms with Crippen molar-refractivity contribution < 1.29 is 8.95 Å². The maximum absolute atomic E-state index is 11.2. The van der Waals surface area contributed by atoms with Crippen molar-refractivity contribution in [3.05, 3.63) is 36.0 Å². The second kappa shape index (κ2) is 9.14. The van der Waals surface area contributed by atoms with Crippen molar-refractivity contribution in [1.29, 1.82) is 0 Å². The first-order chi connectivity index (χ1) is 11.6. The molecule has 1 atom stereocenters. The van der Waals surface area contributed by atoms with Gasteiger partial charge < -0.3 is 20.3 Å². The Balaban J connectivity index is 1.73. The standard InChI is InChI=1S/C15H22N6O2S/c1-16-14-15(20-24(22)19-14)18-7-4-5-9-23-13-10-12(6-8-17-13)11-21(2)3/h4-6,8,10H,7,9,11H2,1-3H3,(H,16,19)(H,18,20)/b5-4-. The van der Waals surface area contributed by atoms with Crippen molar-refractivity contribution in [2.75, 3.05) is 34.3 Å². The minimum Gasteiger partial charge on any atom is -0.473 e. The largest absolute Gasteiger partial charge is 0.473 e. The molecule has 24 heavy (non-hydrogen) atoms. The number of aromatic nitrogens is 1. The van der Waals surface area contributed by atoms with Crippen molar-refractivity contribution in [1.82, 2.24) is 20.5 Å². The summed E-state index contributed by atoms with van der Waals surface area (Å²) in [4.78, 5) is 6.28. The molecule has 0 saturated carbocycles. The minimum absolute atomic E-state index is 0.422. The molecule has 0 aromatic carbocycles. The lowest BCUT2D eigenvalue weighted by Crippen LogP contribution is -2.36. The molecule has 9 heteroatoms. The fourth-order valence-electron chi connectivity index (χ4n) is 1.98. The van der Waals surface area contributed by atoms with Crippen LogP contribution in [0.1, 0.15) is 5.56 Å². The van der Waals surface area contributed by atoms with Gasteiger partial charge in [-0.3, -0.25) is 0 Å². The Bertz CT molecular complexity index is 672. The van der Waals surface area contributed by atoms with Gasteiger partial charge >= 0.3 is 0 Å². The maximum Gasteiger partial charge on any atom is 0.269 e. The highest BCUT2D eigenvalue weighted by Gasteiger charge is 2.16. The first-order valence-corrected chi connectivity index (χ1v) is 8.53. The smallest absolute Gasteiger partial charge is 0.269 e. The summed E-state index contributed by atoms with van der Waals surface area (Å²) in [5.41, 5.74) is 1.15. The molecule has 1 aromatic rings. The topological polar surface area (TPSA) is 91.2 Å². The molecule has 1 aliphatic heterocycles. The van der Waals surface area contributed by atoms with Crippen LogP contribution in [0.5, 0.6) is 5.88 Å². The molecule has 0 bridgehead atoms. The van der Waals surface area contributed by atoms with Gasteiger partial charge in [-0.25, -0.2) is 9.19 Å². The summed E-state index contributed by atoms with van der Waals surface area (Å²) in [5.74, 6) is 1.60. The van der Waals surface area contributed by atoms with Crippen LogP contribution in [0.15, 0.2) is 39.3 Å². The Kier molecular flexibility index (Phi) is 6.89. The van der Waals surface area contributed by atoms with Gasteiger partial charge in [0.1, 0.15) is 6.61 Å². The van der Waals surface area contributed by atoms with Gasteiger partial charge in [-0.15, -0.1) is 8.80 Å². The van der Waals surface area contributed by atoms with Crippen LogP contribution in [0.3, 0.4) is 0 Å². The van der Waals surface area contributed by atoms with Crippen LogP contribution in [0.25, 0.3) is 0 Å². The second-order valence-electron chi connectivity index (χ2n) is 5.26. The van der Waals surface area contributed by atoms with Gasteiger partial charge in [0.2, 0.25) is 5.88 Å². The molecule has 2 heterocycles. The van der Waals surface area contributed by atoms with Gasteiger partial charge in [0, 0.05) is 32.4 Å². The van der Waals surface area contributed by atoms with Crippen LogP contribution in [-0.2, 0) is 17.7 Å². The van der Waals surface area contributed by atoms with E-state index in [9.17, 15) is 4.21 Å². The number of hydrogen-bond donors (Lipinski definition) is 2. The lowest BCUT2D eigenvalue weighted by Gasteiger charge is -2.10. The lowest BCUT2D eigenvalue weighted by atomic mass is 10.2. The van der Waals surface area contributed by atoms with E-state index in [1.54, 1.807) is 13.2 Å². The number of ether oxygens (including phenoxy) is 1. The number of nitrogens with one attached hydrogen (secondary N) is 2. The first kappa shape index (κ1) is 18.1. The molecular formula is C15H22N6O2S. The normalized spacial score (nSPS) is 17.1. The van der Waals surface area contributed by atoms with Gasteiger partial charge in [0.25, 0.3) is 11.2 Å². The third-order valence-electron chi connectivity index (χ3n) is 2.98. The van der Waals surface area contributed by atoms with Crippen LogP contribution in [0, 0.1) is 0 Å². The van der Waals surface area contributed by atoms with E-state index < -0.39 is 11.2 Å². The van der Waals surface area contributed by atoms with Crippen LogP contribution in [-0.4, -0.2) is 60.1 Å². The molecule has 2 rings (SSSR count). The van der Waals surface area contributed by atoms with E-state index in [0.29, 0.717) is 30.7 Å². The third kappa shape index (κ3) is 5.74. The third-order valence-corrected chi connectivity index (χ3v) is 3.66. The number of pyridine rings is 1. The van der Waals surface area contributed by atoms with Gasteiger partial charge in [0.05, 0.1) is 0 Å². The molecule has 0 radical (unpaired) electrons. The van der Waals surface area contributed by atoms with E-state index in [1.165, 1.54) is 0 Å². The van der Waals surface area contributed by atoms with Gasteiger partial charge in [-0.2, -0.15) is 0 Å². The molecule has 1 unspecified atom stereocenters. The average Bonchev–Trinajstić information content (AvgIpc) is 2.90. The van der Waals surface area contributed by atoms with Crippen molar-refractivity contribution in [2.45, 2.75) is 6.54 Å². The molecule has 0 saturated heterocycles. The summed E-state index contributed by atoms with van der Waals surface area (Å²) in [7, 11) is 5.75. The van der Waals surface area contributed by atoms with Gasteiger partial charge in [-0.05, 0) is 31.8 Å². The summed E-state index contributed by atoms with van der Waals surface area (Å²) in [6, 6.07) is 3.91. The van der Waals surface area contributed by atoms with E-state index in [0.717, 1.165) is 12.1 Å². The zero-order valence-corrected chi connectivity index (χ0v) is 14.8. The molecular weight excluding hydrogens is 328 g/mol. The zero-order chi connectivity index (χ0) is 17.4. The van der Waals surface area contributed by atoms with Crippen LogP contribution in [0.4, 0.5) is 0 Å². The molecule has 130 valence electrons. The van der Waals surface area contributed by atoms with Gasteiger partial charge in [-0.1, -0.05) is 6.08 Å². The highest BCUT2D eigenvalue weighted by atomic mass is 32.2. The SMILES string of the molecule is CNC1=NS(=O)N=C1NC/C=C\COc1cc(CN(C)C)ccn1. The molecule has 0 amide bonds. The van der Waals surface area contributed by atoms with Gasteiger partial charge in [0.15, 0.2) is 11.7 Å². The van der Waals surface area contributed by atoms with Crippen LogP contribution < -0.4 is 15.4 Å². The quantitative estimate of drug-likeness (QED) is 0.686. The number of nitrogens with zero attached hydrogens (tertiary/aromatic N) is 4. The van der Waals surface area contributed by atoms with E-state index in [4.69, 9.17) is 4.74 Å². The van der Waals surface area contributed by atoms with Crippen molar-refractivity contribution in [2.24, 2.45) is 8.80 Å². The van der Waals surface area contributed by atoms with Crippen LogP contribution in [0.2, 0.25) is 0 Å².